The Morgan fingerprint density at radius 3 is 3.12 bits per heavy atom. The molecule has 90 valence electrons. The Morgan fingerprint density at radius 2 is 2.35 bits per heavy atom. The fraction of sp³-hybridized carbons (Fsp3) is 0.462. The average Bonchev–Trinajstić information content (AvgIpc) is 2.74. The number of oxazole rings is 1. The second kappa shape index (κ2) is 4.31. The van der Waals surface area contributed by atoms with Crippen molar-refractivity contribution in [3.63, 3.8) is 0 Å². The van der Waals surface area contributed by atoms with Gasteiger partial charge >= 0.3 is 0 Å². The van der Waals surface area contributed by atoms with Crippen LogP contribution in [0.25, 0.3) is 11.1 Å². The second-order valence-electron chi connectivity index (χ2n) is 4.78. The molecular weight excluding hydrogens is 236 g/mol. The van der Waals surface area contributed by atoms with E-state index in [9.17, 15) is 0 Å². The van der Waals surface area contributed by atoms with Gasteiger partial charge in [0.1, 0.15) is 5.52 Å². The van der Waals surface area contributed by atoms with Crippen molar-refractivity contribution in [2.24, 2.45) is 5.92 Å². The smallest absolute Gasteiger partial charge is 0.212 e. The van der Waals surface area contributed by atoms with Crippen molar-refractivity contribution in [2.45, 2.75) is 25.8 Å². The van der Waals surface area contributed by atoms with E-state index in [4.69, 9.17) is 16.0 Å². The third-order valence-corrected chi connectivity index (χ3v) is 3.65. The zero-order chi connectivity index (χ0) is 11.8. The predicted octanol–water partition coefficient (Wildman–Crippen LogP) is 3.54. The number of hydrogen-bond donors (Lipinski definition) is 1. The van der Waals surface area contributed by atoms with Crippen LogP contribution in [0.4, 0.5) is 0 Å². The summed E-state index contributed by atoms with van der Waals surface area (Å²) < 4.78 is 5.78. The molecule has 2 aromatic rings. The highest BCUT2D eigenvalue weighted by Gasteiger charge is 2.24. The van der Waals surface area contributed by atoms with E-state index in [1.807, 2.05) is 18.2 Å². The highest BCUT2D eigenvalue weighted by Crippen LogP contribution is 2.31. The molecule has 17 heavy (non-hydrogen) atoms. The zero-order valence-electron chi connectivity index (χ0n) is 9.74. The molecule has 3 rings (SSSR count). The summed E-state index contributed by atoms with van der Waals surface area (Å²) in [5.74, 6) is 1.48. The number of hydrogen-bond acceptors (Lipinski definition) is 3. The standard InChI is InChI=1S/C13H15ClN2O/c1-8-5-6-15-11(7-8)13-16-10-4-2-3-9(14)12(10)17-13/h2-4,8,11,15H,5-7H2,1H3. The molecule has 2 unspecified atom stereocenters. The number of nitrogens with zero attached hydrogens (tertiary/aromatic N) is 1. The van der Waals surface area contributed by atoms with Gasteiger partial charge in [0.2, 0.25) is 5.89 Å². The van der Waals surface area contributed by atoms with Crippen LogP contribution in [0.2, 0.25) is 5.02 Å². The van der Waals surface area contributed by atoms with E-state index in [0.717, 1.165) is 24.4 Å². The van der Waals surface area contributed by atoms with Gasteiger partial charge in [0.05, 0.1) is 11.1 Å². The summed E-state index contributed by atoms with van der Waals surface area (Å²) >= 11 is 6.08. The number of halogens is 1. The maximum atomic E-state index is 6.08. The zero-order valence-corrected chi connectivity index (χ0v) is 10.5. The van der Waals surface area contributed by atoms with E-state index >= 15 is 0 Å². The van der Waals surface area contributed by atoms with Crippen molar-refractivity contribution in [1.29, 1.82) is 0 Å². The van der Waals surface area contributed by atoms with Crippen LogP contribution in [-0.2, 0) is 0 Å². The molecule has 1 aromatic carbocycles. The van der Waals surface area contributed by atoms with Crippen molar-refractivity contribution in [1.82, 2.24) is 10.3 Å². The van der Waals surface area contributed by atoms with Gasteiger partial charge in [-0.2, -0.15) is 0 Å². The third kappa shape index (κ3) is 2.05. The number of fused-ring (bicyclic) bond motifs is 1. The number of aromatic nitrogens is 1. The van der Waals surface area contributed by atoms with E-state index in [-0.39, 0.29) is 6.04 Å². The summed E-state index contributed by atoms with van der Waals surface area (Å²) in [7, 11) is 0. The Kier molecular flexibility index (Phi) is 2.81. The summed E-state index contributed by atoms with van der Waals surface area (Å²) in [6, 6.07) is 5.88. The Labute approximate surface area is 105 Å². The molecule has 0 radical (unpaired) electrons. The minimum absolute atomic E-state index is 0.224. The quantitative estimate of drug-likeness (QED) is 0.841. The third-order valence-electron chi connectivity index (χ3n) is 3.35. The minimum Gasteiger partial charge on any atom is -0.437 e. The molecule has 2 atom stereocenters. The van der Waals surface area contributed by atoms with E-state index in [2.05, 4.69) is 17.2 Å². The van der Waals surface area contributed by atoms with Crippen LogP contribution in [0.1, 0.15) is 31.7 Å². The van der Waals surface area contributed by atoms with Gasteiger partial charge in [-0.15, -0.1) is 0 Å². The lowest BCUT2D eigenvalue weighted by atomic mass is 9.94. The lowest BCUT2D eigenvalue weighted by Gasteiger charge is -2.25. The molecule has 0 saturated carbocycles. The van der Waals surface area contributed by atoms with E-state index in [1.54, 1.807) is 0 Å². The van der Waals surface area contributed by atoms with Crippen LogP contribution < -0.4 is 5.32 Å². The minimum atomic E-state index is 0.224. The molecule has 3 nitrogen and oxygen atoms in total. The Hall–Kier alpha value is -1.06. The maximum absolute atomic E-state index is 6.08. The Morgan fingerprint density at radius 1 is 1.47 bits per heavy atom. The monoisotopic (exact) mass is 250 g/mol. The summed E-state index contributed by atoms with van der Waals surface area (Å²) in [4.78, 5) is 4.52. The van der Waals surface area contributed by atoms with Crippen LogP contribution in [-0.4, -0.2) is 11.5 Å². The second-order valence-corrected chi connectivity index (χ2v) is 5.18. The first-order chi connectivity index (χ1) is 8.24. The van der Waals surface area contributed by atoms with Gasteiger partial charge in [-0.3, -0.25) is 0 Å². The molecule has 1 aliphatic heterocycles. The molecular formula is C13H15ClN2O. The van der Waals surface area contributed by atoms with Gasteiger partial charge in [-0.05, 0) is 37.4 Å². The average molecular weight is 251 g/mol. The van der Waals surface area contributed by atoms with Gasteiger partial charge in [0.15, 0.2) is 5.58 Å². The number of rotatable bonds is 1. The van der Waals surface area contributed by atoms with Crippen molar-refractivity contribution in [2.75, 3.05) is 6.54 Å². The van der Waals surface area contributed by atoms with Gasteiger partial charge in [-0.25, -0.2) is 4.98 Å². The molecule has 0 amide bonds. The summed E-state index contributed by atoms with van der Waals surface area (Å²) in [5.41, 5.74) is 1.54. The van der Waals surface area contributed by atoms with Gasteiger partial charge in [0.25, 0.3) is 0 Å². The summed E-state index contributed by atoms with van der Waals surface area (Å²) in [6.45, 7) is 3.29. The van der Waals surface area contributed by atoms with Crippen LogP contribution in [0.15, 0.2) is 22.6 Å². The SMILES string of the molecule is CC1CCNC(c2nc3cccc(Cl)c3o2)C1. The molecule has 0 aliphatic carbocycles. The molecule has 4 heteroatoms. The summed E-state index contributed by atoms with van der Waals surface area (Å²) in [5, 5.41) is 4.08. The first kappa shape index (κ1) is 11.1. The first-order valence-electron chi connectivity index (χ1n) is 6.02. The first-order valence-corrected chi connectivity index (χ1v) is 6.40. The molecule has 1 saturated heterocycles. The van der Waals surface area contributed by atoms with Gasteiger partial charge in [0, 0.05) is 0 Å². The molecule has 0 spiro atoms. The van der Waals surface area contributed by atoms with E-state index in [0.29, 0.717) is 16.5 Å². The largest absolute Gasteiger partial charge is 0.437 e. The van der Waals surface area contributed by atoms with Crippen LogP contribution >= 0.6 is 11.6 Å². The fourth-order valence-corrected chi connectivity index (χ4v) is 2.59. The fourth-order valence-electron chi connectivity index (χ4n) is 2.38. The molecule has 2 heterocycles. The topological polar surface area (TPSA) is 38.1 Å². The highest BCUT2D eigenvalue weighted by molar-refractivity contribution is 6.34. The van der Waals surface area contributed by atoms with Gasteiger partial charge < -0.3 is 9.73 Å². The number of nitrogens with one attached hydrogen (secondary N) is 1. The molecule has 1 aromatic heterocycles. The highest BCUT2D eigenvalue weighted by atomic mass is 35.5. The number of para-hydroxylation sites is 1. The summed E-state index contributed by atoms with van der Waals surface area (Å²) in [6.07, 6.45) is 2.29. The molecule has 1 N–H and O–H groups in total. The maximum Gasteiger partial charge on any atom is 0.212 e. The molecule has 1 aliphatic rings. The Bertz CT molecular complexity index is 537. The lowest BCUT2D eigenvalue weighted by Crippen LogP contribution is -2.30. The van der Waals surface area contributed by atoms with Crippen molar-refractivity contribution in [3.8, 4) is 0 Å². The molecule has 0 bridgehead atoms. The van der Waals surface area contributed by atoms with Crippen LogP contribution in [0.5, 0.6) is 0 Å². The predicted molar refractivity (Wildman–Crippen MR) is 68.2 cm³/mol. The van der Waals surface area contributed by atoms with Crippen molar-refractivity contribution < 1.29 is 4.42 Å². The Balaban J connectivity index is 1.97. The van der Waals surface area contributed by atoms with Crippen LogP contribution in [0, 0.1) is 5.92 Å². The van der Waals surface area contributed by atoms with E-state index in [1.165, 1.54) is 6.42 Å². The van der Waals surface area contributed by atoms with Crippen molar-refractivity contribution in [3.05, 3.63) is 29.1 Å². The van der Waals surface area contributed by atoms with E-state index < -0.39 is 0 Å². The van der Waals surface area contributed by atoms with Crippen LogP contribution in [0.3, 0.4) is 0 Å². The lowest BCUT2D eigenvalue weighted by molar-refractivity contribution is 0.287. The normalized spacial score (nSPS) is 25.3. The number of piperidine rings is 1. The molecule has 1 fully saturated rings. The number of benzene rings is 1. The van der Waals surface area contributed by atoms with Crippen molar-refractivity contribution >= 4 is 22.7 Å². The van der Waals surface area contributed by atoms with Gasteiger partial charge in [-0.1, -0.05) is 24.6 Å².